The zero-order valence-electron chi connectivity index (χ0n) is 15.1. The number of fused-ring (bicyclic) bond motifs is 3. The van der Waals surface area contributed by atoms with E-state index in [2.05, 4.69) is 5.32 Å². The third-order valence-electron chi connectivity index (χ3n) is 5.79. The van der Waals surface area contributed by atoms with Crippen LogP contribution in [0.5, 0.6) is 0 Å². The van der Waals surface area contributed by atoms with Crippen LogP contribution in [0.1, 0.15) is 32.1 Å². The standard InChI is InChI=1S/C22H23NO4/c24-20(23-19-10-4-6-14-5-1-2-9-18(14)19)13-27-22(26)17-11-15-7-3-8-16(12-17)21(15)25/h1-2,4-6,9-10,15-17H,3,7-8,11-13H2,(H,23,24)/t15-,16+,17?. The number of rotatable bonds is 4. The Morgan fingerprint density at radius 2 is 1.70 bits per heavy atom. The minimum absolute atomic E-state index is 0.000408. The molecule has 0 radical (unpaired) electrons. The van der Waals surface area contributed by atoms with Gasteiger partial charge in [0.2, 0.25) is 0 Å². The van der Waals surface area contributed by atoms with Crippen LogP contribution >= 0.6 is 0 Å². The molecule has 2 aliphatic carbocycles. The molecule has 2 fully saturated rings. The van der Waals surface area contributed by atoms with E-state index in [4.69, 9.17) is 4.74 Å². The van der Waals surface area contributed by atoms with Crippen molar-refractivity contribution in [1.82, 2.24) is 0 Å². The molecule has 2 aromatic carbocycles. The van der Waals surface area contributed by atoms with E-state index in [9.17, 15) is 14.4 Å². The summed E-state index contributed by atoms with van der Waals surface area (Å²) in [5.41, 5.74) is 0.701. The molecule has 1 N–H and O–H groups in total. The highest BCUT2D eigenvalue weighted by atomic mass is 16.5. The third kappa shape index (κ3) is 3.72. The molecule has 0 aromatic heterocycles. The quantitative estimate of drug-likeness (QED) is 0.838. The second kappa shape index (κ2) is 7.51. The first-order valence-corrected chi connectivity index (χ1v) is 9.60. The summed E-state index contributed by atoms with van der Waals surface area (Å²) in [4.78, 5) is 36.8. The van der Waals surface area contributed by atoms with Crippen molar-refractivity contribution < 1.29 is 19.1 Å². The van der Waals surface area contributed by atoms with E-state index in [1.165, 1.54) is 0 Å². The van der Waals surface area contributed by atoms with Crippen molar-refractivity contribution in [3.8, 4) is 0 Å². The van der Waals surface area contributed by atoms with Gasteiger partial charge in [-0.05, 0) is 37.1 Å². The van der Waals surface area contributed by atoms with Gasteiger partial charge in [-0.15, -0.1) is 0 Å². The molecule has 2 bridgehead atoms. The summed E-state index contributed by atoms with van der Waals surface area (Å²) in [6.45, 7) is -0.304. The van der Waals surface area contributed by atoms with Crippen LogP contribution in [0, 0.1) is 17.8 Å². The normalized spacial score (nSPS) is 24.4. The molecule has 0 aliphatic heterocycles. The summed E-state index contributed by atoms with van der Waals surface area (Å²) in [6, 6.07) is 13.5. The van der Waals surface area contributed by atoms with E-state index in [0.717, 1.165) is 30.0 Å². The Bertz CT molecular complexity index is 870. The second-order valence-electron chi connectivity index (χ2n) is 7.58. The first-order valence-electron chi connectivity index (χ1n) is 9.60. The summed E-state index contributed by atoms with van der Waals surface area (Å²) >= 11 is 0. The van der Waals surface area contributed by atoms with Crippen LogP contribution in [-0.4, -0.2) is 24.3 Å². The summed E-state index contributed by atoms with van der Waals surface area (Å²) in [6.07, 6.45) is 3.95. The van der Waals surface area contributed by atoms with Gasteiger partial charge in [-0.1, -0.05) is 42.8 Å². The largest absolute Gasteiger partial charge is 0.455 e. The van der Waals surface area contributed by atoms with Crippen molar-refractivity contribution >= 4 is 34.1 Å². The molecule has 1 unspecified atom stereocenters. The van der Waals surface area contributed by atoms with Crippen molar-refractivity contribution in [3.63, 3.8) is 0 Å². The van der Waals surface area contributed by atoms with Gasteiger partial charge in [0.25, 0.3) is 5.91 Å². The maximum Gasteiger partial charge on any atom is 0.309 e. The van der Waals surface area contributed by atoms with Crippen LogP contribution in [0.3, 0.4) is 0 Å². The van der Waals surface area contributed by atoms with Gasteiger partial charge in [-0.25, -0.2) is 0 Å². The fourth-order valence-corrected chi connectivity index (χ4v) is 4.45. The van der Waals surface area contributed by atoms with Gasteiger partial charge in [-0.2, -0.15) is 0 Å². The molecular weight excluding hydrogens is 342 g/mol. The van der Waals surface area contributed by atoms with Gasteiger partial charge in [0.1, 0.15) is 5.78 Å². The molecule has 140 valence electrons. The highest BCUT2D eigenvalue weighted by molar-refractivity contribution is 6.02. The predicted molar refractivity (Wildman–Crippen MR) is 102 cm³/mol. The Labute approximate surface area is 158 Å². The van der Waals surface area contributed by atoms with E-state index in [1.807, 2.05) is 42.5 Å². The van der Waals surface area contributed by atoms with Gasteiger partial charge in [0.15, 0.2) is 6.61 Å². The molecule has 5 heteroatoms. The van der Waals surface area contributed by atoms with Crippen molar-refractivity contribution in [1.29, 1.82) is 0 Å². The molecule has 2 aromatic rings. The van der Waals surface area contributed by atoms with E-state index < -0.39 is 0 Å². The fraction of sp³-hybridized carbons (Fsp3) is 0.409. The number of anilines is 1. The highest BCUT2D eigenvalue weighted by Gasteiger charge is 2.41. The van der Waals surface area contributed by atoms with E-state index in [1.54, 1.807) is 0 Å². The Kier molecular flexibility index (Phi) is 4.92. The number of carbonyl (C=O) groups is 3. The topological polar surface area (TPSA) is 72.5 Å². The molecule has 27 heavy (non-hydrogen) atoms. The number of Topliss-reactive ketones (excluding diaryl/α,β-unsaturated/α-hetero) is 1. The van der Waals surface area contributed by atoms with E-state index in [0.29, 0.717) is 24.3 Å². The Balaban J connectivity index is 1.34. The van der Waals surface area contributed by atoms with Crippen molar-refractivity contribution in [2.45, 2.75) is 32.1 Å². The van der Waals surface area contributed by atoms with Crippen LogP contribution in [0.2, 0.25) is 0 Å². The van der Waals surface area contributed by atoms with Crippen LogP contribution in [0.25, 0.3) is 10.8 Å². The molecule has 1 amide bonds. The highest BCUT2D eigenvalue weighted by Crippen LogP contribution is 2.40. The Hall–Kier alpha value is -2.69. The zero-order valence-corrected chi connectivity index (χ0v) is 15.1. The fourth-order valence-electron chi connectivity index (χ4n) is 4.45. The number of benzene rings is 2. The van der Waals surface area contributed by atoms with Crippen LogP contribution < -0.4 is 5.32 Å². The minimum atomic E-state index is -0.355. The number of nitrogens with one attached hydrogen (secondary N) is 1. The van der Waals surface area contributed by atoms with Crippen molar-refractivity contribution in [2.24, 2.45) is 17.8 Å². The molecule has 0 spiro atoms. The molecule has 0 saturated heterocycles. The molecule has 2 saturated carbocycles. The lowest BCUT2D eigenvalue weighted by Crippen LogP contribution is -2.40. The molecule has 5 nitrogen and oxygen atoms in total. The van der Waals surface area contributed by atoms with E-state index >= 15 is 0 Å². The number of amides is 1. The van der Waals surface area contributed by atoms with Gasteiger partial charge in [0, 0.05) is 22.9 Å². The number of ether oxygens (including phenoxy) is 1. The second-order valence-corrected chi connectivity index (χ2v) is 7.58. The lowest BCUT2D eigenvalue weighted by molar-refractivity contribution is -0.155. The van der Waals surface area contributed by atoms with Crippen molar-refractivity contribution in [3.05, 3.63) is 42.5 Å². The zero-order chi connectivity index (χ0) is 18.8. The number of hydrogen-bond acceptors (Lipinski definition) is 4. The smallest absolute Gasteiger partial charge is 0.309 e. The van der Waals surface area contributed by atoms with Gasteiger partial charge >= 0.3 is 5.97 Å². The Morgan fingerprint density at radius 1 is 1.00 bits per heavy atom. The number of esters is 1. The molecular formula is C22H23NO4. The monoisotopic (exact) mass is 365 g/mol. The number of carbonyl (C=O) groups excluding carboxylic acids is 3. The van der Waals surface area contributed by atoms with Crippen molar-refractivity contribution in [2.75, 3.05) is 11.9 Å². The van der Waals surface area contributed by atoms with Gasteiger partial charge in [0.05, 0.1) is 5.92 Å². The first kappa shape index (κ1) is 17.7. The van der Waals surface area contributed by atoms with Crippen LogP contribution in [0.15, 0.2) is 42.5 Å². The number of ketones is 1. The predicted octanol–water partition coefficient (Wildman–Crippen LogP) is 3.72. The summed E-state index contributed by atoms with van der Waals surface area (Å²) in [5, 5.41) is 4.80. The molecule has 2 aliphatic rings. The van der Waals surface area contributed by atoms with E-state index in [-0.39, 0.29) is 36.2 Å². The SMILES string of the molecule is O=C(COC(=O)C1C[C@H]2CCC[C@@H](C1)C2=O)Nc1cccc2ccccc12. The van der Waals surface area contributed by atoms with Gasteiger partial charge in [-0.3, -0.25) is 14.4 Å². The minimum Gasteiger partial charge on any atom is -0.455 e. The molecule has 3 atom stereocenters. The van der Waals surface area contributed by atoms with Gasteiger partial charge < -0.3 is 10.1 Å². The Morgan fingerprint density at radius 3 is 2.48 bits per heavy atom. The average molecular weight is 365 g/mol. The van der Waals surface area contributed by atoms with Crippen LogP contribution in [0.4, 0.5) is 5.69 Å². The lowest BCUT2D eigenvalue weighted by Gasteiger charge is -2.36. The third-order valence-corrected chi connectivity index (χ3v) is 5.79. The summed E-state index contributed by atoms with van der Waals surface area (Å²) in [7, 11) is 0. The van der Waals surface area contributed by atoms with Crippen LogP contribution in [-0.2, 0) is 19.1 Å². The summed E-state index contributed by atoms with van der Waals surface area (Å²) in [5.74, 6) is -0.652. The molecule has 0 heterocycles. The number of hydrogen-bond donors (Lipinski definition) is 1. The average Bonchev–Trinajstić information content (AvgIpc) is 2.66. The lowest BCUT2D eigenvalue weighted by atomic mass is 9.67. The first-order chi connectivity index (χ1) is 13.1. The summed E-state index contributed by atoms with van der Waals surface area (Å²) < 4.78 is 5.27. The maximum atomic E-state index is 12.4. The molecule has 4 rings (SSSR count). The maximum absolute atomic E-state index is 12.4.